The highest BCUT2D eigenvalue weighted by molar-refractivity contribution is 7.98. The first-order valence-electron chi connectivity index (χ1n) is 8.77. The highest BCUT2D eigenvalue weighted by Gasteiger charge is 2.15. The number of thioether (sulfide) groups is 1. The second-order valence-corrected chi connectivity index (χ2v) is 9.38. The average molecular weight is 403 g/mol. The van der Waals surface area contributed by atoms with Crippen molar-refractivity contribution >= 4 is 39.2 Å². The first kappa shape index (κ1) is 19.8. The van der Waals surface area contributed by atoms with Crippen molar-refractivity contribution in [2.75, 3.05) is 12.0 Å². The average Bonchev–Trinajstić information content (AvgIpc) is 2.95. The van der Waals surface area contributed by atoms with Crippen LogP contribution in [-0.2, 0) is 12.0 Å². The monoisotopic (exact) mass is 402 g/mol. The number of rotatable bonds is 4. The van der Waals surface area contributed by atoms with Crippen LogP contribution in [0.15, 0.2) is 47.5 Å². The van der Waals surface area contributed by atoms with E-state index in [4.69, 9.17) is 0 Å². The molecule has 0 fully saturated rings. The number of carbonyl (C=O) groups is 1. The van der Waals surface area contributed by atoms with Crippen LogP contribution in [0.4, 0.5) is 4.39 Å². The van der Waals surface area contributed by atoms with Crippen LogP contribution in [0.2, 0.25) is 0 Å². The van der Waals surface area contributed by atoms with Crippen LogP contribution < -0.4 is 4.80 Å². The van der Waals surface area contributed by atoms with Crippen molar-refractivity contribution in [3.8, 4) is 0 Å². The Labute approximate surface area is 167 Å². The van der Waals surface area contributed by atoms with E-state index < -0.39 is 0 Å². The van der Waals surface area contributed by atoms with Crippen LogP contribution in [0.25, 0.3) is 10.2 Å². The summed E-state index contributed by atoms with van der Waals surface area (Å²) in [7, 11) is 0. The number of benzene rings is 2. The summed E-state index contributed by atoms with van der Waals surface area (Å²) in [6.07, 6.45) is 2.04. The Morgan fingerprint density at radius 1 is 1.19 bits per heavy atom. The Kier molecular flexibility index (Phi) is 5.86. The molecular formula is C21H23FN2OS2. The molecule has 0 atom stereocenters. The lowest BCUT2D eigenvalue weighted by atomic mass is 9.87. The summed E-state index contributed by atoms with van der Waals surface area (Å²) >= 11 is 3.07. The Morgan fingerprint density at radius 2 is 1.89 bits per heavy atom. The molecule has 1 aromatic heterocycles. The molecule has 1 heterocycles. The number of nitrogens with zero attached hydrogens (tertiary/aromatic N) is 2. The largest absolute Gasteiger partial charge is 0.316 e. The molecule has 3 aromatic rings. The maximum atomic E-state index is 13.6. The molecule has 6 heteroatoms. The molecule has 27 heavy (non-hydrogen) atoms. The molecule has 0 spiro atoms. The normalized spacial score (nSPS) is 12.7. The van der Waals surface area contributed by atoms with Gasteiger partial charge in [0.05, 0.1) is 10.2 Å². The number of carbonyl (C=O) groups excluding carboxylic acids is 1. The minimum absolute atomic E-state index is 0.0368. The molecule has 3 nitrogen and oxygen atoms in total. The minimum atomic E-state index is -0.281. The van der Waals surface area contributed by atoms with E-state index in [-0.39, 0.29) is 17.1 Å². The quantitative estimate of drug-likeness (QED) is 0.598. The van der Waals surface area contributed by atoms with E-state index >= 15 is 0 Å². The number of hydrogen-bond acceptors (Lipinski definition) is 3. The third-order valence-corrected chi connectivity index (χ3v) is 5.99. The summed E-state index contributed by atoms with van der Waals surface area (Å²) in [6.45, 7) is 7.14. The minimum Gasteiger partial charge on any atom is -0.316 e. The molecule has 0 radical (unpaired) electrons. The van der Waals surface area contributed by atoms with Gasteiger partial charge in [0.1, 0.15) is 5.82 Å². The predicted molar refractivity (Wildman–Crippen MR) is 113 cm³/mol. The lowest BCUT2D eigenvalue weighted by Crippen LogP contribution is -2.18. The molecule has 0 aliphatic carbocycles. The third-order valence-electron chi connectivity index (χ3n) is 4.36. The molecular weight excluding hydrogens is 379 g/mol. The fourth-order valence-corrected chi connectivity index (χ4v) is 4.24. The third kappa shape index (κ3) is 4.50. The zero-order chi connectivity index (χ0) is 19.6. The van der Waals surface area contributed by atoms with Gasteiger partial charge >= 0.3 is 0 Å². The number of aryl methyl sites for hydroxylation is 1. The number of amides is 1. The van der Waals surface area contributed by atoms with E-state index in [0.717, 1.165) is 22.5 Å². The number of fused-ring (bicyclic) bond motifs is 1. The molecule has 0 unspecified atom stereocenters. The molecule has 0 N–H and O–H groups in total. The van der Waals surface area contributed by atoms with Crippen LogP contribution in [0.1, 0.15) is 36.7 Å². The molecule has 142 valence electrons. The standard InChI is InChI=1S/C21H23FN2OS2/c1-21(2,3)15-7-5-14(6-8-15)19(25)23-20-24(11-12-26-4)17-10-9-16(22)13-18(17)27-20/h5-10,13H,11-12H2,1-4H3. The predicted octanol–water partition coefficient (Wildman–Crippen LogP) is 5.24. The van der Waals surface area contributed by atoms with E-state index in [0.29, 0.717) is 10.4 Å². The van der Waals surface area contributed by atoms with Gasteiger partial charge in [0.25, 0.3) is 5.91 Å². The number of halogens is 1. The van der Waals surface area contributed by atoms with Crippen molar-refractivity contribution in [3.05, 3.63) is 64.2 Å². The first-order valence-corrected chi connectivity index (χ1v) is 11.0. The van der Waals surface area contributed by atoms with Gasteiger partial charge in [-0.25, -0.2) is 4.39 Å². The molecule has 0 aliphatic heterocycles. The van der Waals surface area contributed by atoms with E-state index in [1.807, 2.05) is 35.1 Å². The van der Waals surface area contributed by atoms with Gasteiger partial charge in [0.15, 0.2) is 4.80 Å². The van der Waals surface area contributed by atoms with Crippen molar-refractivity contribution in [1.82, 2.24) is 4.57 Å². The fourth-order valence-electron chi connectivity index (χ4n) is 2.80. The van der Waals surface area contributed by atoms with E-state index in [1.165, 1.54) is 29.0 Å². The number of aromatic nitrogens is 1. The summed E-state index contributed by atoms with van der Waals surface area (Å²) in [5.41, 5.74) is 2.68. The van der Waals surface area contributed by atoms with Gasteiger partial charge in [-0.05, 0) is 47.6 Å². The Balaban J connectivity index is 2.02. The van der Waals surface area contributed by atoms with Gasteiger partial charge in [0, 0.05) is 17.9 Å². The maximum absolute atomic E-state index is 13.6. The summed E-state index contributed by atoms with van der Waals surface area (Å²) < 4.78 is 16.4. The molecule has 0 bridgehead atoms. The van der Waals surface area contributed by atoms with Crippen molar-refractivity contribution in [2.24, 2.45) is 4.99 Å². The molecule has 2 aromatic carbocycles. The van der Waals surface area contributed by atoms with E-state index in [1.54, 1.807) is 17.8 Å². The van der Waals surface area contributed by atoms with Gasteiger partial charge in [-0.3, -0.25) is 4.79 Å². The van der Waals surface area contributed by atoms with Gasteiger partial charge in [0.2, 0.25) is 0 Å². The lowest BCUT2D eigenvalue weighted by molar-refractivity contribution is 0.0998. The lowest BCUT2D eigenvalue weighted by Gasteiger charge is -2.18. The number of hydrogen-bond donors (Lipinski definition) is 0. The zero-order valence-corrected chi connectivity index (χ0v) is 17.6. The highest BCUT2D eigenvalue weighted by Crippen LogP contribution is 2.23. The summed E-state index contributed by atoms with van der Waals surface area (Å²) in [4.78, 5) is 17.7. The molecule has 0 saturated carbocycles. The zero-order valence-electron chi connectivity index (χ0n) is 16.0. The fraction of sp³-hybridized carbons (Fsp3) is 0.333. The van der Waals surface area contributed by atoms with Gasteiger partial charge in [-0.2, -0.15) is 16.8 Å². The van der Waals surface area contributed by atoms with Crippen molar-refractivity contribution in [2.45, 2.75) is 32.7 Å². The smallest absolute Gasteiger partial charge is 0.279 e. The summed E-state index contributed by atoms with van der Waals surface area (Å²) in [5, 5.41) is 0. The first-order chi connectivity index (χ1) is 12.8. The Morgan fingerprint density at radius 3 is 2.52 bits per heavy atom. The summed E-state index contributed by atoms with van der Waals surface area (Å²) in [6, 6.07) is 12.3. The van der Waals surface area contributed by atoms with Crippen LogP contribution in [0, 0.1) is 5.82 Å². The molecule has 3 rings (SSSR count). The van der Waals surface area contributed by atoms with Gasteiger partial charge in [-0.15, -0.1) is 0 Å². The SMILES string of the molecule is CSCCn1c(=NC(=O)c2ccc(C(C)(C)C)cc2)sc2cc(F)ccc21. The Bertz CT molecular complexity index is 1030. The van der Waals surface area contributed by atoms with Crippen molar-refractivity contribution < 1.29 is 9.18 Å². The van der Waals surface area contributed by atoms with Crippen LogP contribution in [0.3, 0.4) is 0 Å². The Hall–Kier alpha value is -1.92. The van der Waals surface area contributed by atoms with Crippen LogP contribution in [-0.4, -0.2) is 22.5 Å². The molecule has 1 amide bonds. The molecule has 0 saturated heterocycles. The topological polar surface area (TPSA) is 34.4 Å². The second-order valence-electron chi connectivity index (χ2n) is 7.39. The number of thiazole rings is 1. The summed E-state index contributed by atoms with van der Waals surface area (Å²) in [5.74, 6) is 0.335. The maximum Gasteiger partial charge on any atom is 0.279 e. The van der Waals surface area contributed by atoms with E-state index in [2.05, 4.69) is 25.8 Å². The molecule has 0 aliphatic rings. The van der Waals surface area contributed by atoms with Crippen LogP contribution >= 0.6 is 23.1 Å². The van der Waals surface area contributed by atoms with Crippen molar-refractivity contribution in [3.63, 3.8) is 0 Å². The van der Waals surface area contributed by atoms with Crippen LogP contribution in [0.5, 0.6) is 0 Å². The van der Waals surface area contributed by atoms with Gasteiger partial charge < -0.3 is 4.57 Å². The van der Waals surface area contributed by atoms with Gasteiger partial charge in [-0.1, -0.05) is 44.2 Å². The van der Waals surface area contributed by atoms with Crippen molar-refractivity contribution in [1.29, 1.82) is 0 Å². The highest BCUT2D eigenvalue weighted by atomic mass is 32.2. The van der Waals surface area contributed by atoms with E-state index in [9.17, 15) is 9.18 Å². The second kappa shape index (κ2) is 7.98.